The third kappa shape index (κ3) is 2.82. The number of benzene rings is 1. The third-order valence-corrected chi connectivity index (χ3v) is 4.66. The second-order valence-electron chi connectivity index (χ2n) is 6.28. The van der Waals surface area contributed by atoms with Crippen LogP contribution in [-0.4, -0.2) is 33.8 Å². The molecule has 0 amide bonds. The molecule has 0 saturated heterocycles. The Balaban J connectivity index is 1.78. The molecule has 4 heterocycles. The Hall–Kier alpha value is -4.07. The Labute approximate surface area is 165 Å². The van der Waals surface area contributed by atoms with Gasteiger partial charge in [-0.15, -0.1) is 10.2 Å². The number of ether oxygens (including phenoxy) is 2. The predicted octanol–water partition coefficient (Wildman–Crippen LogP) is 4.33. The van der Waals surface area contributed by atoms with Crippen molar-refractivity contribution in [3.8, 4) is 45.3 Å². The number of aromatic nitrogens is 4. The van der Waals surface area contributed by atoms with Crippen LogP contribution in [0.3, 0.4) is 0 Å². The number of methoxy groups -OCH3 is 2. The molecule has 4 aromatic heterocycles. The first kappa shape index (κ1) is 17.1. The fourth-order valence-electron chi connectivity index (χ4n) is 3.27. The SMILES string of the molecule is COc1ccc(OC)c(-c2cn3c(-c4ccoc4)c(-c4ccoc4)nnc3n2)c1. The van der Waals surface area contributed by atoms with E-state index in [1.165, 1.54) is 0 Å². The first-order valence-electron chi connectivity index (χ1n) is 8.82. The minimum atomic E-state index is 0.452. The summed E-state index contributed by atoms with van der Waals surface area (Å²) < 4.78 is 23.3. The first-order chi connectivity index (χ1) is 14.3. The zero-order chi connectivity index (χ0) is 19.8. The lowest BCUT2D eigenvalue weighted by Crippen LogP contribution is -2.00. The van der Waals surface area contributed by atoms with Crippen LogP contribution >= 0.6 is 0 Å². The minimum Gasteiger partial charge on any atom is -0.497 e. The fourth-order valence-corrected chi connectivity index (χ4v) is 3.27. The molecule has 8 heteroatoms. The van der Waals surface area contributed by atoms with E-state index >= 15 is 0 Å². The van der Waals surface area contributed by atoms with Crippen molar-refractivity contribution in [3.05, 3.63) is 61.6 Å². The molecule has 0 unspecified atom stereocenters. The largest absolute Gasteiger partial charge is 0.497 e. The average molecular weight is 388 g/mol. The highest BCUT2D eigenvalue weighted by molar-refractivity contribution is 5.79. The lowest BCUT2D eigenvalue weighted by atomic mass is 10.1. The van der Waals surface area contributed by atoms with Gasteiger partial charge < -0.3 is 18.3 Å². The van der Waals surface area contributed by atoms with Gasteiger partial charge in [0.25, 0.3) is 5.78 Å². The van der Waals surface area contributed by atoms with E-state index in [9.17, 15) is 0 Å². The normalized spacial score (nSPS) is 11.1. The second-order valence-corrected chi connectivity index (χ2v) is 6.28. The van der Waals surface area contributed by atoms with Crippen LogP contribution in [0.5, 0.6) is 11.5 Å². The summed E-state index contributed by atoms with van der Waals surface area (Å²) in [7, 11) is 3.24. The lowest BCUT2D eigenvalue weighted by molar-refractivity contribution is 0.404. The van der Waals surface area contributed by atoms with Crippen molar-refractivity contribution in [3.63, 3.8) is 0 Å². The maximum Gasteiger partial charge on any atom is 0.254 e. The van der Waals surface area contributed by atoms with Crippen LogP contribution in [0.15, 0.2) is 70.4 Å². The van der Waals surface area contributed by atoms with Crippen molar-refractivity contribution >= 4 is 5.78 Å². The van der Waals surface area contributed by atoms with Crippen molar-refractivity contribution in [2.75, 3.05) is 14.2 Å². The number of nitrogens with zero attached hydrogens (tertiary/aromatic N) is 4. The number of hydrogen-bond donors (Lipinski definition) is 0. The van der Waals surface area contributed by atoms with Gasteiger partial charge in [-0.3, -0.25) is 4.40 Å². The molecule has 5 aromatic rings. The molecule has 0 radical (unpaired) electrons. The maximum absolute atomic E-state index is 5.51. The van der Waals surface area contributed by atoms with Gasteiger partial charge in [-0.05, 0) is 30.3 Å². The topological polar surface area (TPSA) is 87.8 Å². The summed E-state index contributed by atoms with van der Waals surface area (Å²) in [5.74, 6) is 1.84. The van der Waals surface area contributed by atoms with Crippen LogP contribution in [0.25, 0.3) is 39.5 Å². The summed E-state index contributed by atoms with van der Waals surface area (Å²) in [5.41, 5.74) is 4.59. The van der Waals surface area contributed by atoms with Gasteiger partial charge in [0.05, 0.1) is 50.7 Å². The minimum absolute atomic E-state index is 0.452. The fraction of sp³-hybridized carbons (Fsp3) is 0.0952. The van der Waals surface area contributed by atoms with Crippen LogP contribution in [0.2, 0.25) is 0 Å². The van der Waals surface area contributed by atoms with Crippen LogP contribution < -0.4 is 9.47 Å². The molecule has 29 heavy (non-hydrogen) atoms. The van der Waals surface area contributed by atoms with E-state index in [4.69, 9.17) is 18.3 Å². The summed E-state index contributed by atoms with van der Waals surface area (Å²) >= 11 is 0. The quantitative estimate of drug-likeness (QED) is 0.443. The van der Waals surface area contributed by atoms with Gasteiger partial charge in [0, 0.05) is 22.9 Å². The number of hydrogen-bond acceptors (Lipinski definition) is 7. The Kier molecular flexibility index (Phi) is 4.02. The molecule has 0 aliphatic heterocycles. The van der Waals surface area contributed by atoms with Crippen molar-refractivity contribution in [2.24, 2.45) is 0 Å². The first-order valence-corrected chi connectivity index (χ1v) is 8.82. The Bertz CT molecular complexity index is 1270. The molecule has 144 valence electrons. The molecule has 8 nitrogen and oxygen atoms in total. The smallest absolute Gasteiger partial charge is 0.254 e. The van der Waals surface area contributed by atoms with Crippen LogP contribution in [0.4, 0.5) is 0 Å². The molecule has 0 aliphatic carbocycles. The van der Waals surface area contributed by atoms with Gasteiger partial charge in [0.2, 0.25) is 0 Å². The third-order valence-electron chi connectivity index (χ3n) is 4.66. The summed E-state index contributed by atoms with van der Waals surface area (Å²) in [6.07, 6.45) is 8.39. The second kappa shape index (κ2) is 6.83. The van der Waals surface area contributed by atoms with Gasteiger partial charge in [0.1, 0.15) is 17.2 Å². The van der Waals surface area contributed by atoms with Gasteiger partial charge in [-0.1, -0.05) is 0 Å². The van der Waals surface area contributed by atoms with Crippen LogP contribution in [0, 0.1) is 0 Å². The van der Waals surface area contributed by atoms with Crippen LogP contribution in [0.1, 0.15) is 0 Å². The molecule has 0 saturated carbocycles. The van der Waals surface area contributed by atoms with E-state index in [2.05, 4.69) is 15.2 Å². The highest BCUT2D eigenvalue weighted by Gasteiger charge is 2.20. The predicted molar refractivity (Wildman–Crippen MR) is 105 cm³/mol. The number of rotatable bonds is 5. The van der Waals surface area contributed by atoms with Gasteiger partial charge in [-0.2, -0.15) is 0 Å². The number of imidazole rings is 1. The maximum atomic E-state index is 5.51. The molecule has 0 bridgehead atoms. The molecule has 0 spiro atoms. The molecule has 1 aromatic carbocycles. The van der Waals surface area contributed by atoms with Gasteiger partial charge in [-0.25, -0.2) is 4.98 Å². The van der Waals surface area contributed by atoms with Gasteiger partial charge in [0.15, 0.2) is 0 Å². The lowest BCUT2D eigenvalue weighted by Gasteiger charge is -2.08. The van der Waals surface area contributed by atoms with E-state index in [-0.39, 0.29) is 0 Å². The molecular formula is C21H16N4O4. The standard InChI is InChI=1S/C21H16N4O4/c1-26-15-3-4-18(27-2)16(9-15)17-10-25-20(14-6-8-29-12-14)19(13-5-7-28-11-13)23-24-21(25)22-17/h3-12H,1-2H3. The Morgan fingerprint density at radius 1 is 0.897 bits per heavy atom. The molecule has 0 atom stereocenters. The molecule has 0 fully saturated rings. The zero-order valence-electron chi connectivity index (χ0n) is 15.7. The van der Waals surface area contributed by atoms with E-state index in [1.54, 1.807) is 39.3 Å². The van der Waals surface area contributed by atoms with E-state index in [0.717, 1.165) is 22.4 Å². The highest BCUT2D eigenvalue weighted by atomic mass is 16.5. The van der Waals surface area contributed by atoms with Crippen molar-refractivity contribution in [1.82, 2.24) is 19.6 Å². The van der Waals surface area contributed by atoms with Crippen molar-refractivity contribution < 1.29 is 18.3 Å². The monoisotopic (exact) mass is 388 g/mol. The van der Waals surface area contributed by atoms with Crippen molar-refractivity contribution in [1.29, 1.82) is 0 Å². The summed E-state index contributed by atoms with van der Waals surface area (Å²) in [6, 6.07) is 9.26. The van der Waals surface area contributed by atoms with E-state index < -0.39 is 0 Å². The number of fused-ring (bicyclic) bond motifs is 1. The molecular weight excluding hydrogens is 372 g/mol. The number of furan rings is 2. The Morgan fingerprint density at radius 2 is 1.69 bits per heavy atom. The summed E-state index contributed by atoms with van der Waals surface area (Å²) in [6.45, 7) is 0. The molecule has 0 N–H and O–H groups in total. The van der Waals surface area contributed by atoms with E-state index in [1.807, 2.05) is 40.9 Å². The summed E-state index contributed by atoms with van der Waals surface area (Å²) in [5, 5.41) is 8.71. The summed E-state index contributed by atoms with van der Waals surface area (Å²) in [4.78, 5) is 4.66. The van der Waals surface area contributed by atoms with Crippen molar-refractivity contribution in [2.45, 2.75) is 0 Å². The average Bonchev–Trinajstić information content (AvgIpc) is 3.53. The van der Waals surface area contributed by atoms with E-state index in [0.29, 0.717) is 28.7 Å². The Morgan fingerprint density at radius 3 is 2.38 bits per heavy atom. The highest BCUT2D eigenvalue weighted by Crippen LogP contribution is 2.35. The molecule has 5 rings (SSSR count). The van der Waals surface area contributed by atoms with Crippen LogP contribution in [-0.2, 0) is 0 Å². The zero-order valence-corrected chi connectivity index (χ0v) is 15.7. The van der Waals surface area contributed by atoms with Gasteiger partial charge >= 0.3 is 0 Å². The molecule has 0 aliphatic rings.